The molecule has 0 radical (unpaired) electrons. The third kappa shape index (κ3) is 4.09. The van der Waals surface area contributed by atoms with Crippen molar-refractivity contribution in [2.75, 3.05) is 32.6 Å². The maximum Gasteiger partial charge on any atom is 0.0565 e. The third-order valence-electron chi connectivity index (χ3n) is 4.64. The van der Waals surface area contributed by atoms with Crippen molar-refractivity contribution >= 4 is 5.69 Å². The molecule has 25 heavy (non-hydrogen) atoms. The zero-order chi connectivity index (χ0) is 17.6. The Balaban J connectivity index is 1.87. The van der Waals surface area contributed by atoms with Crippen LogP contribution in [0.4, 0.5) is 5.69 Å². The predicted octanol–water partition coefficient (Wildman–Crippen LogP) is 3.88. The maximum atomic E-state index is 4.03. The maximum absolute atomic E-state index is 4.03. The summed E-state index contributed by atoms with van der Waals surface area (Å²) in [4.78, 5) is 2.13. The average Bonchev–Trinajstić information content (AvgIpc) is 3.18. The number of nitrogens with one attached hydrogen (secondary N) is 2. The summed E-state index contributed by atoms with van der Waals surface area (Å²) >= 11 is 0. The lowest BCUT2D eigenvalue weighted by atomic mass is 9.87. The van der Waals surface area contributed by atoms with Crippen LogP contribution in [0.15, 0.2) is 60.9 Å². The van der Waals surface area contributed by atoms with Crippen molar-refractivity contribution in [2.45, 2.75) is 12.3 Å². The number of hydrogen-bond donors (Lipinski definition) is 2. The summed E-state index contributed by atoms with van der Waals surface area (Å²) < 4.78 is 0. The second kappa shape index (κ2) is 7.99. The molecule has 4 heteroatoms. The number of anilines is 1. The van der Waals surface area contributed by atoms with Gasteiger partial charge in [-0.05, 0) is 48.8 Å². The largest absolute Gasteiger partial charge is 0.378 e. The smallest absolute Gasteiger partial charge is 0.0565 e. The molecule has 0 amide bonds. The van der Waals surface area contributed by atoms with Gasteiger partial charge in [0.25, 0.3) is 0 Å². The summed E-state index contributed by atoms with van der Waals surface area (Å²) in [6.07, 6.45) is 4.85. The zero-order valence-electron chi connectivity index (χ0n) is 15.2. The summed E-state index contributed by atoms with van der Waals surface area (Å²) in [6, 6.07) is 17.7. The molecule has 0 saturated heterocycles. The van der Waals surface area contributed by atoms with Crippen LogP contribution < -0.4 is 10.2 Å². The van der Waals surface area contributed by atoms with E-state index in [4.69, 9.17) is 0 Å². The van der Waals surface area contributed by atoms with E-state index in [1.54, 1.807) is 0 Å². The molecule has 0 saturated carbocycles. The van der Waals surface area contributed by atoms with Crippen molar-refractivity contribution in [3.8, 4) is 11.1 Å². The summed E-state index contributed by atoms with van der Waals surface area (Å²) in [7, 11) is 6.15. The highest BCUT2D eigenvalue weighted by Crippen LogP contribution is 2.30. The molecule has 1 atom stereocenters. The monoisotopic (exact) mass is 334 g/mol. The molecule has 3 aromatic rings. The van der Waals surface area contributed by atoms with Crippen molar-refractivity contribution in [1.29, 1.82) is 0 Å². The van der Waals surface area contributed by atoms with Gasteiger partial charge >= 0.3 is 0 Å². The quantitative estimate of drug-likeness (QED) is 0.689. The molecular weight excluding hydrogens is 308 g/mol. The fourth-order valence-corrected chi connectivity index (χ4v) is 3.14. The van der Waals surface area contributed by atoms with Crippen LogP contribution in [0, 0.1) is 0 Å². The first-order chi connectivity index (χ1) is 12.2. The zero-order valence-corrected chi connectivity index (χ0v) is 15.2. The van der Waals surface area contributed by atoms with Gasteiger partial charge in [-0.3, -0.25) is 5.10 Å². The van der Waals surface area contributed by atoms with Crippen LogP contribution >= 0.6 is 0 Å². The average molecular weight is 334 g/mol. The highest BCUT2D eigenvalue weighted by atomic mass is 15.1. The molecule has 0 bridgehead atoms. The van der Waals surface area contributed by atoms with Crippen molar-refractivity contribution in [2.24, 2.45) is 0 Å². The summed E-state index contributed by atoms with van der Waals surface area (Å²) in [5.74, 6) is 0.391. The standard InChI is InChI=1S/C21H26N4/c1-22-13-12-21(18-8-10-20(11-9-18)25(2)3)17-6-4-16(5-7-17)19-14-23-24-15-19/h4-11,14-15,21-22H,12-13H2,1-3H3,(H,23,24). The number of aromatic amines is 1. The lowest BCUT2D eigenvalue weighted by Crippen LogP contribution is -2.13. The fraction of sp³-hybridized carbons (Fsp3) is 0.286. The minimum atomic E-state index is 0.391. The lowest BCUT2D eigenvalue weighted by molar-refractivity contribution is 0.662. The first-order valence-corrected chi connectivity index (χ1v) is 8.70. The van der Waals surface area contributed by atoms with Crippen LogP contribution in [-0.4, -0.2) is 37.9 Å². The highest BCUT2D eigenvalue weighted by Gasteiger charge is 2.14. The third-order valence-corrected chi connectivity index (χ3v) is 4.64. The Kier molecular flexibility index (Phi) is 5.51. The number of nitrogens with zero attached hydrogens (tertiary/aromatic N) is 2. The Labute approximate surface area is 149 Å². The van der Waals surface area contributed by atoms with Gasteiger partial charge in [0, 0.05) is 37.5 Å². The molecule has 1 unspecified atom stereocenters. The van der Waals surface area contributed by atoms with Gasteiger partial charge in [-0.2, -0.15) is 5.10 Å². The molecule has 2 N–H and O–H groups in total. The van der Waals surface area contributed by atoms with Gasteiger partial charge in [0.05, 0.1) is 6.20 Å². The number of H-pyrrole nitrogens is 1. The van der Waals surface area contributed by atoms with Gasteiger partial charge in [0.15, 0.2) is 0 Å². The van der Waals surface area contributed by atoms with Gasteiger partial charge in [-0.1, -0.05) is 36.4 Å². The van der Waals surface area contributed by atoms with Crippen LogP contribution in [0.2, 0.25) is 0 Å². The lowest BCUT2D eigenvalue weighted by Gasteiger charge is -2.20. The number of hydrogen-bond acceptors (Lipinski definition) is 3. The van der Waals surface area contributed by atoms with Crippen LogP contribution in [0.1, 0.15) is 23.5 Å². The minimum Gasteiger partial charge on any atom is -0.378 e. The number of benzene rings is 2. The highest BCUT2D eigenvalue weighted by molar-refractivity contribution is 5.62. The van der Waals surface area contributed by atoms with E-state index in [1.165, 1.54) is 22.4 Å². The second-order valence-corrected chi connectivity index (χ2v) is 6.54. The van der Waals surface area contributed by atoms with Gasteiger partial charge in [0.2, 0.25) is 0 Å². The van der Waals surface area contributed by atoms with Gasteiger partial charge in [0.1, 0.15) is 0 Å². The van der Waals surface area contributed by atoms with Crippen LogP contribution in [0.3, 0.4) is 0 Å². The van der Waals surface area contributed by atoms with Crippen molar-refractivity contribution in [3.63, 3.8) is 0 Å². The molecule has 130 valence electrons. The summed E-state index contributed by atoms with van der Waals surface area (Å²) in [5.41, 5.74) is 6.24. The van der Waals surface area contributed by atoms with Gasteiger partial charge in [-0.15, -0.1) is 0 Å². The van der Waals surface area contributed by atoms with E-state index in [9.17, 15) is 0 Å². The van der Waals surface area contributed by atoms with E-state index in [2.05, 4.69) is 83.0 Å². The van der Waals surface area contributed by atoms with Crippen LogP contribution in [0.5, 0.6) is 0 Å². The Bertz CT molecular complexity index is 759. The van der Waals surface area contributed by atoms with E-state index < -0.39 is 0 Å². The predicted molar refractivity (Wildman–Crippen MR) is 105 cm³/mol. The Hall–Kier alpha value is -2.59. The molecule has 2 aromatic carbocycles. The molecule has 0 aliphatic rings. The molecule has 1 heterocycles. The fourth-order valence-electron chi connectivity index (χ4n) is 3.14. The minimum absolute atomic E-state index is 0.391. The number of aromatic nitrogens is 2. The van der Waals surface area contributed by atoms with E-state index in [0.29, 0.717) is 5.92 Å². The van der Waals surface area contributed by atoms with Crippen molar-refractivity contribution in [3.05, 3.63) is 72.1 Å². The van der Waals surface area contributed by atoms with Crippen LogP contribution in [0.25, 0.3) is 11.1 Å². The first kappa shape index (κ1) is 17.2. The normalized spacial score (nSPS) is 12.1. The molecule has 1 aromatic heterocycles. The second-order valence-electron chi connectivity index (χ2n) is 6.54. The van der Waals surface area contributed by atoms with E-state index in [0.717, 1.165) is 18.5 Å². The van der Waals surface area contributed by atoms with E-state index in [-0.39, 0.29) is 0 Å². The van der Waals surface area contributed by atoms with E-state index in [1.807, 2.05) is 19.4 Å². The number of rotatable bonds is 7. The Morgan fingerprint density at radius 2 is 1.60 bits per heavy atom. The van der Waals surface area contributed by atoms with E-state index >= 15 is 0 Å². The molecule has 0 spiro atoms. The van der Waals surface area contributed by atoms with Crippen molar-refractivity contribution in [1.82, 2.24) is 15.5 Å². The topological polar surface area (TPSA) is 44.0 Å². The molecule has 0 fully saturated rings. The molecule has 3 rings (SSSR count). The molecule has 4 nitrogen and oxygen atoms in total. The van der Waals surface area contributed by atoms with Gasteiger partial charge in [-0.25, -0.2) is 0 Å². The summed E-state index contributed by atoms with van der Waals surface area (Å²) in [5, 5.41) is 10.2. The van der Waals surface area contributed by atoms with Crippen molar-refractivity contribution < 1.29 is 0 Å². The SMILES string of the molecule is CNCCC(c1ccc(-c2cn[nH]c2)cc1)c1ccc(N(C)C)cc1. The first-order valence-electron chi connectivity index (χ1n) is 8.70. The molecule has 0 aliphatic heterocycles. The van der Waals surface area contributed by atoms with Crippen LogP contribution in [-0.2, 0) is 0 Å². The summed E-state index contributed by atoms with van der Waals surface area (Å²) in [6.45, 7) is 0.990. The Morgan fingerprint density at radius 1 is 0.960 bits per heavy atom. The van der Waals surface area contributed by atoms with Gasteiger partial charge < -0.3 is 10.2 Å². The Morgan fingerprint density at radius 3 is 2.12 bits per heavy atom. The molecule has 0 aliphatic carbocycles. The molecular formula is C21H26N4.